The zero-order valence-electron chi connectivity index (χ0n) is 10.6. The number of benzene rings is 1. The van der Waals surface area contributed by atoms with Gasteiger partial charge in [0.2, 0.25) is 0 Å². The van der Waals surface area contributed by atoms with Crippen LogP contribution in [0.1, 0.15) is 5.56 Å². The Hall–Kier alpha value is -0.390. The van der Waals surface area contributed by atoms with Crippen LogP contribution in [0.3, 0.4) is 0 Å². The number of piperazine rings is 1. The smallest absolute Gasteiger partial charge is 0.0870 e. The van der Waals surface area contributed by atoms with Crippen LogP contribution >= 0.6 is 35.4 Å². The molecule has 1 fully saturated rings. The van der Waals surface area contributed by atoms with Gasteiger partial charge >= 0.3 is 0 Å². The first-order chi connectivity index (χ1) is 9.04. The minimum atomic E-state index is 0.564. The van der Waals surface area contributed by atoms with E-state index in [4.69, 9.17) is 41.2 Å². The first kappa shape index (κ1) is 15.0. The van der Waals surface area contributed by atoms with Gasteiger partial charge in [0.1, 0.15) is 0 Å². The summed E-state index contributed by atoms with van der Waals surface area (Å²) >= 11 is 17.0. The van der Waals surface area contributed by atoms with Crippen LogP contribution in [0.25, 0.3) is 0 Å². The Morgan fingerprint density at radius 2 is 1.79 bits per heavy atom. The van der Waals surface area contributed by atoms with Crippen LogP contribution in [0.2, 0.25) is 10.0 Å². The number of halogens is 2. The predicted molar refractivity (Wildman–Crippen MR) is 85.0 cm³/mol. The lowest BCUT2D eigenvalue weighted by molar-refractivity contribution is 0.140. The second-order valence-corrected chi connectivity index (χ2v) is 6.12. The normalized spacial score (nSPS) is 17.6. The van der Waals surface area contributed by atoms with Crippen molar-refractivity contribution in [2.75, 3.05) is 32.7 Å². The monoisotopic (exact) mass is 317 g/mol. The van der Waals surface area contributed by atoms with Gasteiger partial charge in [0.15, 0.2) is 0 Å². The van der Waals surface area contributed by atoms with E-state index >= 15 is 0 Å². The molecule has 0 bridgehead atoms. The van der Waals surface area contributed by atoms with Gasteiger partial charge in [0.25, 0.3) is 0 Å². The highest BCUT2D eigenvalue weighted by atomic mass is 35.5. The molecular weight excluding hydrogens is 301 g/mol. The molecule has 0 atom stereocenters. The number of nitrogens with zero attached hydrogens (tertiary/aromatic N) is 2. The molecule has 2 N–H and O–H groups in total. The van der Waals surface area contributed by atoms with Crippen molar-refractivity contribution in [1.82, 2.24) is 9.80 Å². The summed E-state index contributed by atoms with van der Waals surface area (Å²) in [6, 6.07) is 5.67. The van der Waals surface area contributed by atoms with Crippen LogP contribution in [-0.2, 0) is 6.54 Å². The van der Waals surface area contributed by atoms with E-state index in [0.29, 0.717) is 16.6 Å². The lowest BCUT2D eigenvalue weighted by Crippen LogP contribution is -2.48. The zero-order valence-corrected chi connectivity index (χ0v) is 12.9. The number of hydrogen-bond donors (Lipinski definition) is 1. The minimum absolute atomic E-state index is 0.564. The number of hydrogen-bond acceptors (Lipinski definition) is 3. The molecule has 19 heavy (non-hydrogen) atoms. The maximum atomic E-state index is 6.19. The molecule has 0 radical (unpaired) electrons. The van der Waals surface area contributed by atoms with Crippen LogP contribution in [0.15, 0.2) is 18.2 Å². The fraction of sp³-hybridized carbons (Fsp3) is 0.462. The first-order valence-corrected chi connectivity index (χ1v) is 7.38. The molecule has 0 amide bonds. The van der Waals surface area contributed by atoms with Crippen molar-refractivity contribution >= 4 is 40.4 Å². The van der Waals surface area contributed by atoms with E-state index in [-0.39, 0.29) is 0 Å². The number of thiocarbonyl (C=S) groups is 1. The van der Waals surface area contributed by atoms with E-state index in [1.807, 2.05) is 12.1 Å². The molecular formula is C13H17Cl2N3S. The highest BCUT2D eigenvalue weighted by Crippen LogP contribution is 2.22. The highest BCUT2D eigenvalue weighted by molar-refractivity contribution is 7.80. The van der Waals surface area contributed by atoms with Crippen molar-refractivity contribution in [2.24, 2.45) is 5.73 Å². The van der Waals surface area contributed by atoms with E-state index in [0.717, 1.165) is 43.3 Å². The fourth-order valence-electron chi connectivity index (χ4n) is 2.22. The second kappa shape index (κ2) is 6.86. The third-order valence-electron chi connectivity index (χ3n) is 3.25. The van der Waals surface area contributed by atoms with Gasteiger partial charge in [-0.2, -0.15) is 0 Å². The summed E-state index contributed by atoms with van der Waals surface area (Å²) in [5, 5.41) is 1.41. The molecule has 104 valence electrons. The van der Waals surface area contributed by atoms with Crippen LogP contribution in [-0.4, -0.2) is 47.5 Å². The van der Waals surface area contributed by atoms with Gasteiger partial charge in [-0.15, -0.1) is 0 Å². The Morgan fingerprint density at radius 3 is 2.37 bits per heavy atom. The van der Waals surface area contributed by atoms with Crippen LogP contribution in [0.5, 0.6) is 0 Å². The maximum Gasteiger partial charge on any atom is 0.0870 e. The van der Waals surface area contributed by atoms with Crippen LogP contribution in [0, 0.1) is 0 Å². The zero-order chi connectivity index (χ0) is 13.8. The van der Waals surface area contributed by atoms with Crippen molar-refractivity contribution in [3.63, 3.8) is 0 Å². The Labute approximate surface area is 129 Å². The third kappa shape index (κ3) is 4.58. The number of rotatable bonds is 4. The molecule has 0 saturated carbocycles. The first-order valence-electron chi connectivity index (χ1n) is 6.21. The molecule has 3 nitrogen and oxygen atoms in total. The molecule has 1 aliphatic heterocycles. The average molecular weight is 318 g/mol. The van der Waals surface area contributed by atoms with Crippen molar-refractivity contribution in [3.05, 3.63) is 33.8 Å². The predicted octanol–water partition coefficient (Wildman–Crippen LogP) is 2.40. The maximum absolute atomic E-state index is 6.19. The second-order valence-electron chi connectivity index (χ2n) is 4.75. The Morgan fingerprint density at radius 1 is 1.16 bits per heavy atom. The molecule has 1 heterocycles. The quantitative estimate of drug-likeness (QED) is 0.864. The molecule has 1 aromatic carbocycles. The van der Waals surface area contributed by atoms with Crippen molar-refractivity contribution in [2.45, 2.75) is 6.54 Å². The number of nitrogens with two attached hydrogens (primary N) is 1. The molecule has 1 saturated heterocycles. The van der Waals surface area contributed by atoms with Crippen LogP contribution < -0.4 is 5.73 Å². The van der Waals surface area contributed by atoms with Gasteiger partial charge in [-0.25, -0.2) is 0 Å². The highest BCUT2D eigenvalue weighted by Gasteiger charge is 2.17. The fourth-order valence-corrected chi connectivity index (χ4v) is 2.87. The standard InChI is InChI=1S/C13H17Cl2N3S/c14-11-2-1-10(12(15)7-11)8-17-3-5-18(6-4-17)9-13(16)19/h1-2,7H,3-6,8-9H2,(H2,16,19). The van der Waals surface area contributed by atoms with E-state index in [9.17, 15) is 0 Å². The Kier molecular flexibility index (Phi) is 5.42. The van der Waals surface area contributed by atoms with E-state index < -0.39 is 0 Å². The molecule has 6 heteroatoms. The summed E-state index contributed by atoms with van der Waals surface area (Å²) < 4.78 is 0. The average Bonchev–Trinajstić information content (AvgIpc) is 2.34. The summed E-state index contributed by atoms with van der Waals surface area (Å²) in [6.45, 7) is 5.55. The van der Waals surface area contributed by atoms with Gasteiger partial charge in [-0.3, -0.25) is 9.80 Å². The summed E-state index contributed by atoms with van der Waals surface area (Å²) in [5.41, 5.74) is 6.68. The van der Waals surface area contributed by atoms with E-state index in [1.54, 1.807) is 6.07 Å². The lowest BCUT2D eigenvalue weighted by atomic mass is 10.2. The van der Waals surface area contributed by atoms with Gasteiger partial charge in [0.05, 0.1) is 4.99 Å². The van der Waals surface area contributed by atoms with Gasteiger partial charge in [-0.05, 0) is 17.7 Å². The molecule has 1 aromatic rings. The van der Waals surface area contributed by atoms with Crippen molar-refractivity contribution in [1.29, 1.82) is 0 Å². The van der Waals surface area contributed by atoms with Crippen LogP contribution in [0.4, 0.5) is 0 Å². The Bertz CT molecular complexity index is 459. The van der Waals surface area contributed by atoms with Gasteiger partial charge in [-0.1, -0.05) is 41.5 Å². The molecule has 0 unspecified atom stereocenters. The Balaban J connectivity index is 1.87. The van der Waals surface area contributed by atoms with Gasteiger partial charge < -0.3 is 5.73 Å². The minimum Gasteiger partial charge on any atom is -0.392 e. The van der Waals surface area contributed by atoms with Crippen molar-refractivity contribution < 1.29 is 0 Å². The van der Waals surface area contributed by atoms with Gasteiger partial charge in [0, 0.05) is 49.3 Å². The largest absolute Gasteiger partial charge is 0.392 e. The summed E-state index contributed by atoms with van der Waals surface area (Å²) in [4.78, 5) is 5.22. The molecule has 2 rings (SSSR count). The molecule has 1 aliphatic rings. The van der Waals surface area contributed by atoms with Crippen molar-refractivity contribution in [3.8, 4) is 0 Å². The third-order valence-corrected chi connectivity index (χ3v) is 3.97. The summed E-state index contributed by atoms with van der Waals surface area (Å²) in [5.74, 6) is 0. The van der Waals surface area contributed by atoms with E-state index in [2.05, 4.69) is 9.80 Å². The summed E-state index contributed by atoms with van der Waals surface area (Å²) in [7, 11) is 0. The molecule has 0 aromatic heterocycles. The molecule has 0 spiro atoms. The van der Waals surface area contributed by atoms with E-state index in [1.165, 1.54) is 0 Å². The summed E-state index contributed by atoms with van der Waals surface area (Å²) in [6.07, 6.45) is 0. The molecule has 0 aliphatic carbocycles. The topological polar surface area (TPSA) is 32.5 Å². The SMILES string of the molecule is NC(=S)CN1CCN(Cc2ccc(Cl)cc2Cl)CC1. The lowest BCUT2D eigenvalue weighted by Gasteiger charge is -2.34.